The highest BCUT2D eigenvalue weighted by Crippen LogP contribution is 2.26. The molecule has 4 rings (SSSR count). The van der Waals surface area contributed by atoms with Gasteiger partial charge in [-0.25, -0.2) is 8.42 Å². The number of piperazine rings is 1. The van der Waals surface area contributed by atoms with Crippen molar-refractivity contribution in [1.82, 2.24) is 19.0 Å². The second-order valence-electron chi connectivity index (χ2n) is 7.34. The molecule has 2 saturated heterocycles. The van der Waals surface area contributed by atoms with Crippen LogP contribution in [0.4, 0.5) is 5.69 Å². The number of benzene rings is 1. The van der Waals surface area contributed by atoms with Crippen LogP contribution in [0.5, 0.6) is 0 Å². The van der Waals surface area contributed by atoms with Gasteiger partial charge >= 0.3 is 0 Å². The van der Waals surface area contributed by atoms with E-state index in [2.05, 4.69) is 10.00 Å². The van der Waals surface area contributed by atoms with E-state index >= 15 is 0 Å². The van der Waals surface area contributed by atoms with Gasteiger partial charge in [-0.3, -0.25) is 9.48 Å². The Morgan fingerprint density at radius 2 is 1.90 bits per heavy atom. The maximum absolute atomic E-state index is 13.0. The van der Waals surface area contributed by atoms with E-state index < -0.39 is 16.1 Å². The van der Waals surface area contributed by atoms with Crippen molar-refractivity contribution in [3.63, 3.8) is 0 Å². The van der Waals surface area contributed by atoms with E-state index in [-0.39, 0.29) is 35.5 Å². The van der Waals surface area contributed by atoms with Gasteiger partial charge in [0.2, 0.25) is 10.0 Å². The van der Waals surface area contributed by atoms with Crippen LogP contribution in [0.1, 0.15) is 0 Å². The van der Waals surface area contributed by atoms with Crippen LogP contribution in [0.2, 0.25) is 5.02 Å². The minimum atomic E-state index is -3.80. The molecule has 0 N–H and O–H groups in total. The number of amides is 1. The molecule has 2 aliphatic heterocycles. The summed E-state index contributed by atoms with van der Waals surface area (Å²) in [5.41, 5.74) is 1.02. The molecular weight excluding hydrogens is 430 g/mol. The van der Waals surface area contributed by atoms with Gasteiger partial charge < -0.3 is 14.5 Å². The smallest absolute Gasteiger partial charge is 0.253 e. The number of aromatic nitrogens is 2. The Hall–Kier alpha value is -2.14. The van der Waals surface area contributed by atoms with E-state index in [1.807, 2.05) is 13.2 Å². The zero-order valence-corrected chi connectivity index (χ0v) is 18.2. The van der Waals surface area contributed by atoms with Gasteiger partial charge in [0.05, 0.1) is 23.5 Å². The van der Waals surface area contributed by atoms with Crippen LogP contribution < -0.4 is 4.90 Å². The predicted octanol–water partition coefficient (Wildman–Crippen LogP) is 0.812. The largest absolute Gasteiger partial charge is 0.366 e. The molecule has 2 aliphatic rings. The number of hydrogen-bond acceptors (Lipinski definition) is 6. The average molecular weight is 454 g/mol. The summed E-state index contributed by atoms with van der Waals surface area (Å²) in [6, 6.07) is 6.32. The Labute approximate surface area is 180 Å². The van der Waals surface area contributed by atoms with Crippen LogP contribution in [-0.4, -0.2) is 85.3 Å². The van der Waals surface area contributed by atoms with Crippen molar-refractivity contribution in [2.24, 2.45) is 7.05 Å². The summed E-state index contributed by atoms with van der Waals surface area (Å²) in [7, 11) is -1.93. The summed E-state index contributed by atoms with van der Waals surface area (Å²) in [5.74, 6) is -0.181. The summed E-state index contributed by atoms with van der Waals surface area (Å²) in [6.07, 6.45) is 2.93. The molecule has 162 valence electrons. The molecule has 2 fully saturated rings. The molecule has 3 heterocycles. The van der Waals surface area contributed by atoms with E-state index in [9.17, 15) is 13.2 Å². The summed E-state index contributed by atoms with van der Waals surface area (Å²) >= 11 is 6.09. The van der Waals surface area contributed by atoms with Crippen LogP contribution in [0, 0.1) is 0 Å². The van der Waals surface area contributed by atoms with Gasteiger partial charge in [-0.1, -0.05) is 23.7 Å². The minimum Gasteiger partial charge on any atom is -0.366 e. The second kappa shape index (κ2) is 8.54. The zero-order chi connectivity index (χ0) is 21.3. The summed E-state index contributed by atoms with van der Waals surface area (Å²) in [6.45, 7) is 2.80. The van der Waals surface area contributed by atoms with E-state index in [0.717, 1.165) is 5.69 Å². The highest BCUT2D eigenvalue weighted by Gasteiger charge is 2.37. The van der Waals surface area contributed by atoms with Crippen molar-refractivity contribution in [3.8, 4) is 0 Å². The lowest BCUT2D eigenvalue weighted by Crippen LogP contribution is -2.56. The third-order valence-corrected chi connectivity index (χ3v) is 7.77. The third kappa shape index (κ3) is 4.18. The Morgan fingerprint density at radius 3 is 2.57 bits per heavy atom. The number of hydrogen-bond donors (Lipinski definition) is 0. The number of carbonyl (C=O) groups excluding carboxylic acids is 1. The number of nitrogens with zero attached hydrogens (tertiary/aromatic N) is 5. The highest BCUT2D eigenvalue weighted by atomic mass is 35.5. The zero-order valence-electron chi connectivity index (χ0n) is 16.6. The first-order valence-corrected chi connectivity index (χ1v) is 11.6. The van der Waals surface area contributed by atoms with Crippen LogP contribution in [0.15, 0.2) is 41.6 Å². The molecule has 1 amide bonds. The Morgan fingerprint density at radius 1 is 1.17 bits per heavy atom. The third-order valence-electron chi connectivity index (χ3n) is 5.41. The molecular formula is C19H24ClN5O4S. The van der Waals surface area contributed by atoms with Crippen molar-refractivity contribution >= 4 is 33.2 Å². The predicted molar refractivity (Wildman–Crippen MR) is 112 cm³/mol. The van der Waals surface area contributed by atoms with Gasteiger partial charge in [-0.2, -0.15) is 9.40 Å². The first-order valence-electron chi connectivity index (χ1n) is 9.75. The lowest BCUT2D eigenvalue weighted by atomic mass is 10.2. The van der Waals surface area contributed by atoms with Crippen molar-refractivity contribution in [3.05, 3.63) is 41.7 Å². The molecule has 0 bridgehead atoms. The Bertz CT molecular complexity index is 1020. The van der Waals surface area contributed by atoms with Gasteiger partial charge in [0, 0.05) is 52.5 Å². The van der Waals surface area contributed by atoms with Crippen molar-refractivity contribution in [2.45, 2.75) is 11.0 Å². The summed E-state index contributed by atoms with van der Waals surface area (Å²) in [4.78, 5) is 17.0. The quantitative estimate of drug-likeness (QED) is 0.680. The fourth-order valence-corrected chi connectivity index (χ4v) is 5.66. The number of carbonyl (C=O) groups is 1. The van der Waals surface area contributed by atoms with Gasteiger partial charge in [0.1, 0.15) is 11.0 Å². The molecule has 1 aromatic carbocycles. The molecule has 30 heavy (non-hydrogen) atoms. The maximum Gasteiger partial charge on any atom is 0.253 e. The highest BCUT2D eigenvalue weighted by molar-refractivity contribution is 7.89. The monoisotopic (exact) mass is 453 g/mol. The van der Waals surface area contributed by atoms with Gasteiger partial charge in [-0.15, -0.1) is 0 Å². The molecule has 1 unspecified atom stereocenters. The lowest BCUT2D eigenvalue weighted by molar-refractivity contribution is -0.147. The fraction of sp³-hybridized carbons (Fsp3) is 0.474. The Balaban J connectivity index is 1.40. The van der Waals surface area contributed by atoms with Crippen LogP contribution in [0.3, 0.4) is 0 Å². The minimum absolute atomic E-state index is 0.0186. The molecule has 2 aromatic rings. The van der Waals surface area contributed by atoms with E-state index in [1.165, 1.54) is 10.4 Å². The van der Waals surface area contributed by atoms with Crippen LogP contribution in [-0.2, 0) is 26.6 Å². The number of morpholine rings is 1. The summed E-state index contributed by atoms with van der Waals surface area (Å²) in [5, 5.41) is 4.35. The van der Waals surface area contributed by atoms with Crippen molar-refractivity contribution in [2.75, 3.05) is 50.8 Å². The topological polar surface area (TPSA) is 88.0 Å². The van der Waals surface area contributed by atoms with Gasteiger partial charge in [-0.05, 0) is 12.1 Å². The van der Waals surface area contributed by atoms with E-state index in [1.54, 1.807) is 34.0 Å². The van der Waals surface area contributed by atoms with Crippen molar-refractivity contribution < 1.29 is 17.9 Å². The average Bonchev–Trinajstić information content (AvgIpc) is 3.20. The maximum atomic E-state index is 13.0. The lowest BCUT2D eigenvalue weighted by Gasteiger charge is -2.39. The number of halogens is 1. The van der Waals surface area contributed by atoms with Gasteiger partial charge in [0.15, 0.2) is 0 Å². The van der Waals surface area contributed by atoms with Gasteiger partial charge in [0.25, 0.3) is 5.91 Å². The Kier molecular flexibility index (Phi) is 6.01. The van der Waals surface area contributed by atoms with E-state index in [4.69, 9.17) is 16.3 Å². The number of anilines is 1. The SMILES string of the molecule is Cn1cc(N2CCN(C(=O)C3CN(S(=O)(=O)c4ccccc4Cl)CCO3)CC2)cn1. The number of ether oxygens (including phenoxy) is 1. The molecule has 0 aliphatic carbocycles. The van der Waals surface area contributed by atoms with Crippen LogP contribution >= 0.6 is 11.6 Å². The first-order chi connectivity index (χ1) is 14.4. The standard InChI is InChI=1S/C19H24ClN5O4S/c1-22-13-15(12-21-22)23-6-8-24(9-7-23)19(26)17-14-25(10-11-29-17)30(27,28)18-5-3-2-4-16(18)20/h2-5,12-13,17H,6-11,14H2,1H3. The second-order valence-corrected chi connectivity index (χ2v) is 9.65. The molecule has 9 nitrogen and oxygen atoms in total. The summed E-state index contributed by atoms with van der Waals surface area (Å²) < 4.78 is 34.7. The molecule has 0 saturated carbocycles. The normalized spacial score (nSPS) is 21.1. The molecule has 0 radical (unpaired) electrons. The van der Waals surface area contributed by atoms with E-state index in [0.29, 0.717) is 26.2 Å². The molecule has 1 aromatic heterocycles. The van der Waals surface area contributed by atoms with Crippen molar-refractivity contribution in [1.29, 1.82) is 0 Å². The number of aryl methyl sites for hydroxylation is 1. The number of sulfonamides is 1. The molecule has 0 spiro atoms. The fourth-order valence-electron chi connectivity index (χ4n) is 3.75. The van der Waals surface area contributed by atoms with Crippen LogP contribution in [0.25, 0.3) is 0 Å². The molecule has 1 atom stereocenters. The number of rotatable bonds is 4. The first kappa shape index (κ1) is 21.1. The molecule has 11 heteroatoms.